The van der Waals surface area contributed by atoms with E-state index in [0.717, 1.165) is 18.3 Å². The molecule has 0 saturated carbocycles. The lowest BCUT2D eigenvalue weighted by Gasteiger charge is -2.25. The Morgan fingerprint density at radius 3 is 2.75 bits per heavy atom. The lowest BCUT2D eigenvalue weighted by molar-refractivity contribution is 0.351. The zero-order valence-corrected chi connectivity index (χ0v) is 8.04. The van der Waals surface area contributed by atoms with E-state index in [1.807, 2.05) is 6.33 Å². The van der Waals surface area contributed by atoms with Crippen molar-refractivity contribution in [3.05, 3.63) is 17.7 Å². The second-order valence-corrected chi connectivity index (χ2v) is 4.11. The highest BCUT2D eigenvalue weighted by molar-refractivity contribution is 5.17. The highest BCUT2D eigenvalue weighted by Crippen LogP contribution is 2.28. The monoisotopic (exact) mass is 164 g/mol. The molecule has 1 aliphatic rings. The second kappa shape index (κ2) is 2.61. The summed E-state index contributed by atoms with van der Waals surface area (Å²) in [5.41, 5.74) is 2.77. The van der Waals surface area contributed by atoms with Crippen LogP contribution in [0.25, 0.3) is 0 Å². The van der Waals surface area contributed by atoms with Gasteiger partial charge >= 0.3 is 0 Å². The summed E-state index contributed by atoms with van der Waals surface area (Å²) < 4.78 is 2.16. The van der Waals surface area contributed by atoms with Crippen molar-refractivity contribution in [2.24, 2.45) is 18.9 Å². The van der Waals surface area contributed by atoms with Crippen LogP contribution in [0.15, 0.2) is 6.33 Å². The van der Waals surface area contributed by atoms with Gasteiger partial charge in [-0.2, -0.15) is 0 Å². The van der Waals surface area contributed by atoms with Gasteiger partial charge in [0.05, 0.1) is 12.0 Å². The van der Waals surface area contributed by atoms with Crippen molar-refractivity contribution >= 4 is 0 Å². The normalized spacial score (nSPS) is 28.6. The fourth-order valence-electron chi connectivity index (χ4n) is 1.95. The third-order valence-corrected chi connectivity index (χ3v) is 3.15. The molecule has 0 saturated heterocycles. The van der Waals surface area contributed by atoms with E-state index in [9.17, 15) is 0 Å². The summed E-state index contributed by atoms with van der Waals surface area (Å²) in [4.78, 5) is 4.40. The lowest BCUT2D eigenvalue weighted by Crippen LogP contribution is -2.21. The van der Waals surface area contributed by atoms with Gasteiger partial charge in [0.15, 0.2) is 0 Å². The van der Waals surface area contributed by atoms with E-state index in [1.165, 1.54) is 17.8 Å². The second-order valence-electron chi connectivity index (χ2n) is 4.11. The van der Waals surface area contributed by atoms with Crippen molar-refractivity contribution in [2.45, 2.75) is 26.7 Å². The number of aryl methyl sites for hydroxylation is 1. The van der Waals surface area contributed by atoms with Crippen LogP contribution >= 0.6 is 0 Å². The predicted molar refractivity (Wildman–Crippen MR) is 48.9 cm³/mol. The minimum atomic E-state index is 0.799. The molecule has 0 aromatic carbocycles. The quantitative estimate of drug-likeness (QED) is 0.571. The first kappa shape index (κ1) is 7.84. The van der Waals surface area contributed by atoms with Crippen LogP contribution in [0.3, 0.4) is 0 Å². The summed E-state index contributed by atoms with van der Waals surface area (Å²) >= 11 is 0. The number of rotatable bonds is 0. The maximum Gasteiger partial charge on any atom is 0.0949 e. The predicted octanol–water partition coefficient (Wildman–Crippen LogP) is 1.79. The third-order valence-electron chi connectivity index (χ3n) is 3.15. The van der Waals surface area contributed by atoms with E-state index in [-0.39, 0.29) is 0 Å². The highest BCUT2D eigenvalue weighted by Gasteiger charge is 2.24. The molecule has 2 rings (SSSR count). The van der Waals surface area contributed by atoms with Gasteiger partial charge in [-0.05, 0) is 24.7 Å². The molecule has 66 valence electrons. The molecule has 0 amide bonds. The molecular formula is C10H16N2. The lowest BCUT2D eigenvalue weighted by atomic mass is 9.82. The summed E-state index contributed by atoms with van der Waals surface area (Å²) in [5.74, 6) is 1.61. The Kier molecular flexibility index (Phi) is 1.71. The molecule has 1 aromatic heterocycles. The summed E-state index contributed by atoms with van der Waals surface area (Å²) in [6, 6.07) is 0. The van der Waals surface area contributed by atoms with Crippen molar-refractivity contribution in [2.75, 3.05) is 0 Å². The Labute approximate surface area is 73.6 Å². The maximum atomic E-state index is 4.40. The first-order valence-corrected chi connectivity index (χ1v) is 4.67. The van der Waals surface area contributed by atoms with Crippen LogP contribution in [-0.4, -0.2) is 9.55 Å². The molecule has 0 spiro atoms. The Morgan fingerprint density at radius 2 is 2.00 bits per heavy atom. The summed E-state index contributed by atoms with van der Waals surface area (Å²) in [6.07, 6.45) is 4.31. The molecule has 0 radical (unpaired) electrons. The molecule has 2 atom stereocenters. The number of fused-ring (bicyclic) bond motifs is 1. The third kappa shape index (κ3) is 1.06. The van der Waals surface area contributed by atoms with E-state index < -0.39 is 0 Å². The average Bonchev–Trinajstić information content (AvgIpc) is 2.35. The van der Waals surface area contributed by atoms with Crippen molar-refractivity contribution < 1.29 is 0 Å². The van der Waals surface area contributed by atoms with Crippen molar-refractivity contribution in [1.29, 1.82) is 0 Å². The van der Waals surface area contributed by atoms with Crippen LogP contribution < -0.4 is 0 Å². The summed E-state index contributed by atoms with van der Waals surface area (Å²) in [7, 11) is 2.09. The zero-order chi connectivity index (χ0) is 8.72. The fourth-order valence-corrected chi connectivity index (χ4v) is 1.95. The van der Waals surface area contributed by atoms with E-state index in [1.54, 1.807) is 0 Å². The van der Waals surface area contributed by atoms with Gasteiger partial charge in [0.25, 0.3) is 0 Å². The smallest absolute Gasteiger partial charge is 0.0949 e. The number of nitrogens with zero attached hydrogens (tertiary/aromatic N) is 2. The van der Waals surface area contributed by atoms with Crippen LogP contribution in [0.5, 0.6) is 0 Å². The summed E-state index contributed by atoms with van der Waals surface area (Å²) in [6.45, 7) is 4.66. The van der Waals surface area contributed by atoms with Crippen LogP contribution in [-0.2, 0) is 19.9 Å². The van der Waals surface area contributed by atoms with Crippen molar-refractivity contribution in [1.82, 2.24) is 9.55 Å². The Bertz CT molecular complexity index is 288. The molecular weight excluding hydrogens is 148 g/mol. The van der Waals surface area contributed by atoms with Crippen LogP contribution in [0.1, 0.15) is 25.2 Å². The topological polar surface area (TPSA) is 17.8 Å². The number of hydrogen-bond donors (Lipinski definition) is 0. The van der Waals surface area contributed by atoms with E-state index in [0.29, 0.717) is 0 Å². The van der Waals surface area contributed by atoms with Crippen molar-refractivity contribution in [3.63, 3.8) is 0 Å². The molecule has 2 unspecified atom stereocenters. The van der Waals surface area contributed by atoms with Gasteiger partial charge in [-0.15, -0.1) is 0 Å². The average molecular weight is 164 g/mol. The highest BCUT2D eigenvalue weighted by atomic mass is 15.0. The minimum Gasteiger partial charge on any atom is -0.337 e. The summed E-state index contributed by atoms with van der Waals surface area (Å²) in [5, 5.41) is 0. The molecule has 0 fully saturated rings. The fraction of sp³-hybridized carbons (Fsp3) is 0.700. The molecule has 12 heavy (non-hydrogen) atoms. The van der Waals surface area contributed by atoms with Crippen LogP contribution in [0.4, 0.5) is 0 Å². The molecule has 1 aliphatic carbocycles. The Hall–Kier alpha value is -0.790. The Morgan fingerprint density at radius 1 is 1.33 bits per heavy atom. The van der Waals surface area contributed by atoms with Gasteiger partial charge < -0.3 is 4.57 Å². The van der Waals surface area contributed by atoms with Gasteiger partial charge in [-0.1, -0.05) is 13.8 Å². The van der Waals surface area contributed by atoms with Crippen LogP contribution in [0, 0.1) is 11.8 Å². The Balaban J connectivity index is 2.36. The van der Waals surface area contributed by atoms with Crippen LogP contribution in [0.2, 0.25) is 0 Å². The van der Waals surface area contributed by atoms with Gasteiger partial charge in [0.2, 0.25) is 0 Å². The zero-order valence-electron chi connectivity index (χ0n) is 8.04. The number of hydrogen-bond acceptors (Lipinski definition) is 1. The molecule has 0 N–H and O–H groups in total. The minimum absolute atomic E-state index is 0.799. The number of aromatic nitrogens is 2. The van der Waals surface area contributed by atoms with Gasteiger partial charge in [0, 0.05) is 12.7 Å². The SMILES string of the molecule is CC1Cc2ncn(C)c2CC1C. The van der Waals surface area contributed by atoms with Gasteiger partial charge in [0.1, 0.15) is 0 Å². The van der Waals surface area contributed by atoms with E-state index in [4.69, 9.17) is 0 Å². The van der Waals surface area contributed by atoms with Gasteiger partial charge in [-0.3, -0.25) is 0 Å². The molecule has 1 heterocycles. The number of imidazole rings is 1. The van der Waals surface area contributed by atoms with E-state index >= 15 is 0 Å². The molecule has 2 nitrogen and oxygen atoms in total. The first-order chi connectivity index (χ1) is 5.68. The van der Waals surface area contributed by atoms with E-state index in [2.05, 4.69) is 30.4 Å². The van der Waals surface area contributed by atoms with Gasteiger partial charge in [-0.25, -0.2) is 4.98 Å². The molecule has 0 aliphatic heterocycles. The standard InChI is InChI=1S/C10H16N2/c1-7-4-9-10(5-8(7)2)12(3)6-11-9/h6-8H,4-5H2,1-3H3. The first-order valence-electron chi connectivity index (χ1n) is 4.67. The molecule has 1 aromatic rings. The largest absolute Gasteiger partial charge is 0.337 e. The molecule has 2 heteroatoms. The maximum absolute atomic E-state index is 4.40. The van der Waals surface area contributed by atoms with Crippen molar-refractivity contribution in [3.8, 4) is 0 Å². The molecule has 0 bridgehead atoms.